The van der Waals surface area contributed by atoms with Crippen LogP contribution < -0.4 is 15.5 Å². The predicted octanol–water partition coefficient (Wildman–Crippen LogP) is 2.08. The highest BCUT2D eigenvalue weighted by atomic mass is 16.2. The summed E-state index contributed by atoms with van der Waals surface area (Å²) in [6, 6.07) is 4.65. The van der Waals surface area contributed by atoms with E-state index in [0.29, 0.717) is 17.3 Å². The molecule has 3 amide bonds. The minimum Gasteiger partial charge on any atom is -0.371 e. The number of piperidine rings is 3. The molecule has 0 bridgehead atoms. The highest BCUT2D eigenvalue weighted by Crippen LogP contribution is 2.42. The van der Waals surface area contributed by atoms with E-state index in [1.165, 1.54) is 24.8 Å². The van der Waals surface area contributed by atoms with Gasteiger partial charge < -0.3 is 20.0 Å². The van der Waals surface area contributed by atoms with Gasteiger partial charge in [-0.3, -0.25) is 24.5 Å². The summed E-state index contributed by atoms with van der Waals surface area (Å²) in [5.74, 6) is -1.19. The molecule has 9 nitrogen and oxygen atoms in total. The molecule has 0 aliphatic carbocycles. The van der Waals surface area contributed by atoms with Crippen LogP contribution in [0.3, 0.4) is 0 Å². The van der Waals surface area contributed by atoms with E-state index < -0.39 is 17.9 Å². The lowest BCUT2D eigenvalue weighted by molar-refractivity contribution is -0.136. The normalized spacial score (nSPS) is 21.5. The van der Waals surface area contributed by atoms with Crippen LogP contribution in [0.1, 0.15) is 59.2 Å². The summed E-state index contributed by atoms with van der Waals surface area (Å²) < 4.78 is 0. The SMILES string of the molecule is C=CCNC.CN1CCC2(CC1)CCN(c1ccc(C(=O)N(C)C3CCC(=O)NC3=O)c(C=O)c1)CC2. The Morgan fingerprint density at radius 3 is 2.38 bits per heavy atom. The number of amides is 3. The largest absolute Gasteiger partial charge is 0.371 e. The summed E-state index contributed by atoms with van der Waals surface area (Å²) in [5, 5.41) is 5.17. The molecule has 0 radical (unpaired) electrons. The molecule has 9 heteroatoms. The van der Waals surface area contributed by atoms with Gasteiger partial charge in [0.2, 0.25) is 11.8 Å². The van der Waals surface area contributed by atoms with E-state index in [9.17, 15) is 19.2 Å². The Hall–Kier alpha value is -3.04. The van der Waals surface area contributed by atoms with Crippen molar-refractivity contribution in [3.63, 3.8) is 0 Å². The first-order chi connectivity index (χ1) is 17.7. The van der Waals surface area contributed by atoms with Gasteiger partial charge in [-0.15, -0.1) is 6.58 Å². The molecule has 37 heavy (non-hydrogen) atoms. The van der Waals surface area contributed by atoms with Crippen molar-refractivity contribution in [2.75, 3.05) is 58.8 Å². The van der Waals surface area contributed by atoms with E-state index >= 15 is 0 Å². The number of benzene rings is 1. The van der Waals surface area contributed by atoms with Gasteiger partial charge in [0.15, 0.2) is 6.29 Å². The standard InChI is InChI=1S/C24H32N4O4.C4H9N/c1-26-11-7-24(8-12-26)9-13-28(14-10-24)18-3-4-19(17(15-18)16-29)23(32)27(2)20-5-6-21(30)25-22(20)31;1-3-4-5-2/h3-4,15-16,20H,5-14H2,1-2H3,(H,25,30,31);3,5H,1,4H2,2H3. The van der Waals surface area contributed by atoms with Crippen molar-refractivity contribution in [3.8, 4) is 0 Å². The number of hydrogen-bond acceptors (Lipinski definition) is 7. The topological polar surface area (TPSA) is 102 Å². The number of carbonyl (C=O) groups is 4. The number of likely N-dealkylation sites (tertiary alicyclic amines) is 1. The third-order valence-electron chi connectivity index (χ3n) is 7.98. The molecule has 1 aromatic carbocycles. The van der Waals surface area contributed by atoms with E-state index in [1.807, 2.05) is 19.2 Å². The molecule has 1 spiro atoms. The third-order valence-corrected chi connectivity index (χ3v) is 7.98. The average Bonchev–Trinajstić information content (AvgIpc) is 2.91. The first-order valence-corrected chi connectivity index (χ1v) is 13.1. The minimum absolute atomic E-state index is 0.195. The zero-order valence-electron chi connectivity index (χ0n) is 22.4. The first kappa shape index (κ1) is 28.5. The van der Waals surface area contributed by atoms with Crippen LogP contribution >= 0.6 is 0 Å². The van der Waals surface area contributed by atoms with E-state index in [0.717, 1.165) is 51.3 Å². The van der Waals surface area contributed by atoms with Gasteiger partial charge >= 0.3 is 0 Å². The molecule has 1 unspecified atom stereocenters. The first-order valence-electron chi connectivity index (χ1n) is 13.1. The molecule has 3 aliphatic rings. The fourth-order valence-electron chi connectivity index (χ4n) is 5.40. The van der Waals surface area contributed by atoms with Gasteiger partial charge in [0.1, 0.15) is 6.04 Å². The number of imide groups is 1. The number of anilines is 1. The summed E-state index contributed by atoms with van der Waals surface area (Å²) in [6.07, 6.45) is 7.80. The Labute approximate surface area is 220 Å². The van der Waals surface area contributed by atoms with Crippen molar-refractivity contribution in [1.82, 2.24) is 20.4 Å². The number of carbonyl (C=O) groups excluding carboxylic acids is 4. The highest BCUT2D eigenvalue weighted by Gasteiger charge is 2.37. The lowest BCUT2D eigenvalue weighted by Gasteiger charge is -2.47. The predicted molar refractivity (Wildman–Crippen MR) is 145 cm³/mol. The average molecular weight is 512 g/mol. The molecule has 202 valence electrons. The van der Waals surface area contributed by atoms with Gasteiger partial charge in [0.25, 0.3) is 5.91 Å². The second kappa shape index (κ2) is 13.0. The van der Waals surface area contributed by atoms with Crippen molar-refractivity contribution in [3.05, 3.63) is 42.0 Å². The maximum Gasteiger partial charge on any atom is 0.255 e. The van der Waals surface area contributed by atoms with Crippen molar-refractivity contribution in [2.45, 2.75) is 44.6 Å². The van der Waals surface area contributed by atoms with Crippen LogP contribution in [0, 0.1) is 5.41 Å². The Bertz CT molecular complexity index is 992. The van der Waals surface area contributed by atoms with Gasteiger partial charge in [-0.2, -0.15) is 0 Å². The summed E-state index contributed by atoms with van der Waals surface area (Å²) >= 11 is 0. The number of aldehydes is 1. The molecular weight excluding hydrogens is 470 g/mol. The monoisotopic (exact) mass is 511 g/mol. The quantitative estimate of drug-likeness (QED) is 0.343. The zero-order chi connectivity index (χ0) is 27.0. The second-order valence-electron chi connectivity index (χ2n) is 10.4. The lowest BCUT2D eigenvalue weighted by Crippen LogP contribution is -2.53. The van der Waals surface area contributed by atoms with Gasteiger partial charge in [0.05, 0.1) is 5.56 Å². The van der Waals surface area contributed by atoms with E-state index in [1.54, 1.807) is 12.1 Å². The van der Waals surface area contributed by atoms with Crippen LogP contribution in [0.5, 0.6) is 0 Å². The van der Waals surface area contributed by atoms with E-state index in [-0.39, 0.29) is 24.3 Å². The van der Waals surface area contributed by atoms with Crippen LogP contribution in [0.2, 0.25) is 0 Å². The van der Waals surface area contributed by atoms with Crippen LogP contribution in [0.25, 0.3) is 0 Å². The molecular formula is C28H41N5O4. The summed E-state index contributed by atoms with van der Waals surface area (Å²) in [4.78, 5) is 54.4. The van der Waals surface area contributed by atoms with Crippen molar-refractivity contribution in [1.29, 1.82) is 0 Å². The van der Waals surface area contributed by atoms with E-state index in [4.69, 9.17) is 0 Å². The number of rotatable bonds is 6. The Morgan fingerprint density at radius 1 is 1.19 bits per heavy atom. The number of likely N-dealkylation sites (N-methyl/N-ethyl adjacent to an activating group) is 2. The van der Waals surface area contributed by atoms with Crippen LogP contribution in [0.15, 0.2) is 30.9 Å². The minimum atomic E-state index is -0.716. The van der Waals surface area contributed by atoms with Crippen molar-refractivity contribution in [2.24, 2.45) is 5.41 Å². The molecule has 4 rings (SSSR count). The molecule has 3 fully saturated rings. The lowest BCUT2D eigenvalue weighted by atomic mass is 9.71. The molecule has 3 saturated heterocycles. The molecule has 3 aliphatic heterocycles. The van der Waals surface area contributed by atoms with Gasteiger partial charge in [-0.1, -0.05) is 6.08 Å². The molecule has 1 aromatic rings. The second-order valence-corrected chi connectivity index (χ2v) is 10.4. The maximum absolute atomic E-state index is 13.1. The summed E-state index contributed by atoms with van der Waals surface area (Å²) in [5.41, 5.74) is 2.00. The van der Waals surface area contributed by atoms with E-state index in [2.05, 4.69) is 34.1 Å². The van der Waals surface area contributed by atoms with Crippen LogP contribution in [0.4, 0.5) is 5.69 Å². The maximum atomic E-state index is 13.1. The molecule has 2 N–H and O–H groups in total. The third kappa shape index (κ3) is 7.05. The highest BCUT2D eigenvalue weighted by molar-refractivity contribution is 6.06. The Morgan fingerprint density at radius 2 is 1.84 bits per heavy atom. The van der Waals surface area contributed by atoms with Crippen LogP contribution in [-0.4, -0.2) is 93.7 Å². The van der Waals surface area contributed by atoms with Crippen molar-refractivity contribution < 1.29 is 19.2 Å². The molecule has 1 atom stereocenters. The number of nitrogens with zero attached hydrogens (tertiary/aromatic N) is 3. The van der Waals surface area contributed by atoms with Crippen LogP contribution in [-0.2, 0) is 9.59 Å². The van der Waals surface area contributed by atoms with Gasteiger partial charge in [-0.05, 0) is 82.9 Å². The molecule has 0 saturated carbocycles. The summed E-state index contributed by atoms with van der Waals surface area (Å²) in [6.45, 7) is 8.61. The Kier molecular flexibility index (Phi) is 10.00. The molecule has 0 aromatic heterocycles. The molecule has 3 heterocycles. The van der Waals surface area contributed by atoms with Crippen molar-refractivity contribution >= 4 is 29.7 Å². The zero-order valence-corrected chi connectivity index (χ0v) is 22.4. The number of hydrogen-bond donors (Lipinski definition) is 2. The number of nitrogens with one attached hydrogen (secondary N) is 2. The fourth-order valence-corrected chi connectivity index (χ4v) is 5.40. The van der Waals surface area contributed by atoms with Gasteiger partial charge in [-0.25, -0.2) is 0 Å². The summed E-state index contributed by atoms with van der Waals surface area (Å²) in [7, 11) is 5.61. The van der Waals surface area contributed by atoms with Gasteiger partial charge in [0, 0.05) is 44.4 Å². The Balaban J connectivity index is 0.000000695. The smallest absolute Gasteiger partial charge is 0.255 e. The fraction of sp³-hybridized carbons (Fsp3) is 0.571.